The zero-order valence-electron chi connectivity index (χ0n) is 15.3. The average molecular weight is 374 g/mol. The minimum atomic E-state index is -0.953. The second-order valence-electron chi connectivity index (χ2n) is 7.36. The van der Waals surface area contributed by atoms with Gasteiger partial charge < -0.3 is 20.3 Å². The highest BCUT2D eigenvalue weighted by Crippen LogP contribution is 2.20. The predicted molar refractivity (Wildman–Crippen MR) is 98.2 cm³/mol. The van der Waals surface area contributed by atoms with E-state index in [2.05, 4.69) is 5.32 Å². The van der Waals surface area contributed by atoms with Crippen molar-refractivity contribution in [2.45, 2.75) is 84.4 Å². The molecule has 0 aromatic carbocycles. The molecule has 2 aliphatic rings. The van der Waals surface area contributed by atoms with Crippen LogP contribution in [-0.2, 0) is 14.3 Å². The van der Waals surface area contributed by atoms with Gasteiger partial charge in [0, 0.05) is 6.54 Å². The first-order chi connectivity index (χ1) is 11.6. The monoisotopic (exact) mass is 374 g/mol. The molecular formula is C18H34N2O6. The van der Waals surface area contributed by atoms with Crippen molar-refractivity contribution in [3.63, 3.8) is 0 Å². The molecule has 2 fully saturated rings. The molecule has 0 radical (unpaired) electrons. The van der Waals surface area contributed by atoms with E-state index in [0.717, 1.165) is 38.6 Å². The van der Waals surface area contributed by atoms with Crippen LogP contribution in [0.25, 0.3) is 0 Å². The lowest BCUT2D eigenvalue weighted by atomic mass is 10.0. The molecule has 152 valence electrons. The molecule has 2 aliphatic heterocycles. The zero-order valence-corrected chi connectivity index (χ0v) is 15.3. The normalized spacial score (nSPS) is 23.0. The van der Waals surface area contributed by atoms with Crippen LogP contribution < -0.4 is 5.32 Å². The van der Waals surface area contributed by atoms with Crippen LogP contribution in [0.15, 0.2) is 0 Å². The molecular weight excluding hydrogens is 340 g/mol. The summed E-state index contributed by atoms with van der Waals surface area (Å²) in [5.74, 6) is -1.67. The molecule has 0 saturated carbocycles. The highest BCUT2D eigenvalue weighted by atomic mass is 16.6. The summed E-state index contributed by atoms with van der Waals surface area (Å²) >= 11 is 0. The van der Waals surface area contributed by atoms with Crippen LogP contribution in [0.3, 0.4) is 0 Å². The summed E-state index contributed by atoms with van der Waals surface area (Å²) in [6, 6.07) is -1.01. The Labute approximate surface area is 155 Å². The number of aliphatic carboxylic acids is 2. The molecule has 2 atom stereocenters. The van der Waals surface area contributed by atoms with Crippen molar-refractivity contribution < 1.29 is 29.3 Å². The van der Waals surface area contributed by atoms with Crippen LogP contribution >= 0.6 is 0 Å². The molecule has 0 bridgehead atoms. The van der Waals surface area contributed by atoms with Crippen molar-refractivity contribution in [2.75, 3.05) is 13.1 Å². The molecule has 0 aromatic heterocycles. The van der Waals surface area contributed by atoms with Crippen LogP contribution in [0.5, 0.6) is 0 Å². The van der Waals surface area contributed by atoms with Crippen LogP contribution in [-0.4, -0.2) is 63.9 Å². The SMILES string of the molecule is C.CC(C)(C)OC(=O)N1CCCC[C@@H]1C(=O)O.O=C(O)[C@H]1CCCCN1. The summed E-state index contributed by atoms with van der Waals surface area (Å²) in [7, 11) is 0. The molecule has 0 aromatic rings. The van der Waals surface area contributed by atoms with Crippen molar-refractivity contribution in [1.29, 1.82) is 0 Å². The maximum Gasteiger partial charge on any atom is 0.411 e. The first kappa shape index (κ1) is 24.2. The lowest BCUT2D eigenvalue weighted by molar-refractivity contribution is -0.144. The Morgan fingerprint density at radius 2 is 1.62 bits per heavy atom. The van der Waals surface area contributed by atoms with E-state index in [-0.39, 0.29) is 13.5 Å². The van der Waals surface area contributed by atoms with Gasteiger partial charge in [0.1, 0.15) is 17.7 Å². The van der Waals surface area contributed by atoms with E-state index in [4.69, 9.17) is 14.9 Å². The molecule has 0 aliphatic carbocycles. The third-order valence-corrected chi connectivity index (χ3v) is 4.02. The molecule has 2 heterocycles. The number of rotatable bonds is 2. The van der Waals surface area contributed by atoms with E-state index >= 15 is 0 Å². The van der Waals surface area contributed by atoms with Gasteiger partial charge in [-0.05, 0) is 59.4 Å². The summed E-state index contributed by atoms with van der Waals surface area (Å²) in [6.07, 6.45) is 4.61. The Bertz CT molecular complexity index is 469. The quantitative estimate of drug-likeness (QED) is 0.680. The number of nitrogens with zero attached hydrogens (tertiary/aromatic N) is 1. The summed E-state index contributed by atoms with van der Waals surface area (Å²) in [5, 5.41) is 20.4. The van der Waals surface area contributed by atoms with Crippen LogP contribution in [0.4, 0.5) is 4.79 Å². The number of likely N-dealkylation sites (tertiary alicyclic amines) is 1. The number of hydrogen-bond donors (Lipinski definition) is 3. The number of carbonyl (C=O) groups excluding carboxylic acids is 1. The Morgan fingerprint density at radius 3 is 2.04 bits per heavy atom. The maximum absolute atomic E-state index is 11.8. The second-order valence-corrected chi connectivity index (χ2v) is 7.36. The molecule has 1 amide bonds. The van der Waals surface area contributed by atoms with E-state index in [1.54, 1.807) is 20.8 Å². The second kappa shape index (κ2) is 11.0. The zero-order chi connectivity index (χ0) is 19.0. The Morgan fingerprint density at radius 1 is 1.00 bits per heavy atom. The minimum absolute atomic E-state index is 0. The van der Waals surface area contributed by atoms with Crippen LogP contribution in [0.2, 0.25) is 0 Å². The van der Waals surface area contributed by atoms with E-state index in [1.807, 2.05) is 0 Å². The van der Waals surface area contributed by atoms with Gasteiger partial charge in [0.15, 0.2) is 0 Å². The van der Waals surface area contributed by atoms with Crippen LogP contribution in [0.1, 0.15) is 66.7 Å². The smallest absolute Gasteiger partial charge is 0.411 e. The van der Waals surface area contributed by atoms with Gasteiger partial charge in [0.25, 0.3) is 0 Å². The number of nitrogens with one attached hydrogen (secondary N) is 1. The third kappa shape index (κ3) is 8.51. The van der Waals surface area contributed by atoms with Gasteiger partial charge in [-0.15, -0.1) is 0 Å². The van der Waals surface area contributed by atoms with Gasteiger partial charge in [-0.25, -0.2) is 9.59 Å². The fourth-order valence-corrected chi connectivity index (χ4v) is 2.79. The summed E-state index contributed by atoms with van der Waals surface area (Å²) in [5.41, 5.74) is -0.586. The molecule has 8 heteroatoms. The lowest BCUT2D eigenvalue weighted by Crippen LogP contribution is -2.49. The number of carbonyl (C=O) groups is 3. The van der Waals surface area contributed by atoms with Crippen molar-refractivity contribution in [3.8, 4) is 0 Å². The molecule has 2 rings (SSSR count). The van der Waals surface area contributed by atoms with Crippen molar-refractivity contribution in [2.24, 2.45) is 0 Å². The largest absolute Gasteiger partial charge is 0.480 e. The number of piperidine rings is 2. The van der Waals surface area contributed by atoms with Gasteiger partial charge in [-0.2, -0.15) is 0 Å². The summed E-state index contributed by atoms with van der Waals surface area (Å²) in [6.45, 7) is 6.63. The Kier molecular flexibility index (Phi) is 10.2. The highest BCUT2D eigenvalue weighted by molar-refractivity contribution is 5.80. The molecule has 26 heavy (non-hydrogen) atoms. The number of amides is 1. The maximum atomic E-state index is 11.8. The molecule has 0 spiro atoms. The van der Waals surface area contributed by atoms with Gasteiger partial charge >= 0.3 is 18.0 Å². The number of hydrogen-bond acceptors (Lipinski definition) is 5. The van der Waals surface area contributed by atoms with E-state index in [1.165, 1.54) is 4.90 Å². The number of carboxylic acid groups (broad SMARTS) is 2. The molecule has 8 nitrogen and oxygen atoms in total. The predicted octanol–water partition coefficient (Wildman–Crippen LogP) is 2.71. The third-order valence-electron chi connectivity index (χ3n) is 4.02. The Balaban J connectivity index is 0.000000532. The van der Waals surface area contributed by atoms with Gasteiger partial charge in [-0.3, -0.25) is 9.69 Å². The van der Waals surface area contributed by atoms with E-state index < -0.39 is 29.7 Å². The fraction of sp³-hybridized carbons (Fsp3) is 0.833. The fourth-order valence-electron chi connectivity index (χ4n) is 2.79. The van der Waals surface area contributed by atoms with Crippen molar-refractivity contribution >= 4 is 18.0 Å². The van der Waals surface area contributed by atoms with Gasteiger partial charge in [0.05, 0.1) is 0 Å². The average Bonchev–Trinajstić information content (AvgIpc) is 2.54. The minimum Gasteiger partial charge on any atom is -0.480 e. The van der Waals surface area contributed by atoms with Crippen molar-refractivity contribution in [3.05, 3.63) is 0 Å². The number of carboxylic acids is 2. The highest BCUT2D eigenvalue weighted by Gasteiger charge is 2.34. The standard InChI is InChI=1S/C11H19NO4.C6H11NO2.CH4/c1-11(2,3)16-10(15)12-7-5-4-6-8(12)9(13)14;8-6(9)5-3-1-2-4-7-5;/h8H,4-7H2,1-3H3,(H,13,14);5,7H,1-4H2,(H,8,9);1H4/t8-;5-;/m11./s1. The summed E-state index contributed by atoms with van der Waals surface area (Å²) in [4.78, 5) is 34.4. The van der Waals surface area contributed by atoms with E-state index in [9.17, 15) is 14.4 Å². The number of ether oxygens (including phenoxy) is 1. The molecule has 3 N–H and O–H groups in total. The lowest BCUT2D eigenvalue weighted by Gasteiger charge is -2.34. The van der Waals surface area contributed by atoms with Crippen molar-refractivity contribution in [1.82, 2.24) is 10.2 Å². The van der Waals surface area contributed by atoms with E-state index in [0.29, 0.717) is 13.0 Å². The topological polar surface area (TPSA) is 116 Å². The first-order valence-corrected chi connectivity index (χ1v) is 8.80. The molecule has 0 unspecified atom stereocenters. The van der Waals surface area contributed by atoms with Gasteiger partial charge in [0.2, 0.25) is 0 Å². The summed E-state index contributed by atoms with van der Waals surface area (Å²) < 4.78 is 5.18. The van der Waals surface area contributed by atoms with Gasteiger partial charge in [-0.1, -0.05) is 13.8 Å². The molecule has 2 saturated heterocycles. The Hall–Kier alpha value is -1.83. The first-order valence-electron chi connectivity index (χ1n) is 8.80. The van der Waals surface area contributed by atoms with Crippen LogP contribution in [0, 0.1) is 0 Å².